The van der Waals surface area contributed by atoms with Crippen molar-refractivity contribution < 1.29 is 28.2 Å². The Balaban J connectivity index is 0.000000361. The van der Waals surface area contributed by atoms with Crippen molar-refractivity contribution >= 4 is 13.5 Å². The van der Waals surface area contributed by atoms with Crippen LogP contribution in [0.25, 0.3) is 0 Å². The molecule has 8 nitrogen and oxygen atoms in total. The number of hydrogen-bond acceptors (Lipinski definition) is 7. The van der Waals surface area contributed by atoms with Crippen LogP contribution in [0.3, 0.4) is 0 Å². The Hall–Kier alpha value is -1.47. The number of phosphoric ester groups is 1. The van der Waals surface area contributed by atoms with Crippen LogP contribution in [-0.4, -0.2) is 30.4 Å². The van der Waals surface area contributed by atoms with E-state index in [9.17, 15) is 14.7 Å². The van der Waals surface area contributed by atoms with E-state index in [0.29, 0.717) is 13.2 Å². The van der Waals surface area contributed by atoms with Crippen LogP contribution in [0.15, 0.2) is 24.3 Å². The van der Waals surface area contributed by atoms with Gasteiger partial charge in [-0.15, -0.1) is 0 Å². The molecule has 1 N–H and O–H groups in total. The summed E-state index contributed by atoms with van der Waals surface area (Å²) in [6.45, 7) is 4.10. The summed E-state index contributed by atoms with van der Waals surface area (Å²) in [5, 5.41) is 18.8. The summed E-state index contributed by atoms with van der Waals surface area (Å²) >= 11 is 0. The number of aromatic hydroxyl groups is 1. The van der Waals surface area contributed by atoms with Gasteiger partial charge < -0.3 is 5.11 Å². The smallest absolute Gasteiger partial charge is 0.474 e. The summed E-state index contributed by atoms with van der Waals surface area (Å²) in [6, 6.07) is 5.04. The molecule has 1 aromatic rings. The van der Waals surface area contributed by atoms with Crippen LogP contribution < -0.4 is 0 Å². The minimum atomic E-state index is -3.20. The predicted octanol–water partition coefficient (Wildman–Crippen LogP) is 3.11. The van der Waals surface area contributed by atoms with Crippen molar-refractivity contribution in [3.8, 4) is 5.75 Å². The molecule has 0 aliphatic heterocycles. The van der Waals surface area contributed by atoms with Gasteiger partial charge in [-0.2, -0.15) is 0 Å². The molecule has 0 atom stereocenters. The summed E-state index contributed by atoms with van der Waals surface area (Å²) in [4.78, 5) is 9.52. The number of benzene rings is 1. The first-order chi connectivity index (χ1) is 9.38. The quantitative estimate of drug-likeness (QED) is 0.488. The van der Waals surface area contributed by atoms with E-state index < -0.39 is 12.7 Å². The fourth-order valence-electron chi connectivity index (χ4n) is 1.03. The highest BCUT2D eigenvalue weighted by Crippen LogP contribution is 2.47. The Bertz CT molecular complexity index is 439. The summed E-state index contributed by atoms with van der Waals surface area (Å²) in [7, 11) is -1.90. The van der Waals surface area contributed by atoms with E-state index in [1.54, 1.807) is 13.8 Å². The molecule has 0 fully saturated rings. The van der Waals surface area contributed by atoms with Gasteiger partial charge in [-0.05, 0) is 26.0 Å². The first kappa shape index (κ1) is 18.5. The van der Waals surface area contributed by atoms with E-state index in [-0.39, 0.29) is 11.4 Å². The van der Waals surface area contributed by atoms with Gasteiger partial charge in [0.2, 0.25) is 0 Å². The average molecular weight is 307 g/mol. The van der Waals surface area contributed by atoms with Crippen LogP contribution in [0, 0.1) is 10.1 Å². The highest BCUT2D eigenvalue weighted by molar-refractivity contribution is 7.48. The predicted molar refractivity (Wildman–Crippen MR) is 72.6 cm³/mol. The normalized spacial score (nSPS) is 10.6. The van der Waals surface area contributed by atoms with Gasteiger partial charge in [0.25, 0.3) is 5.69 Å². The van der Waals surface area contributed by atoms with E-state index in [0.717, 1.165) is 0 Å². The molecule has 114 valence electrons. The summed E-state index contributed by atoms with van der Waals surface area (Å²) in [5.41, 5.74) is -0.0159. The SMILES string of the molecule is CCOP(=O)(OC)OCC.O=[N+]([O-])c1ccc(O)cc1. The number of phenols is 1. The second-order valence-corrected chi connectivity index (χ2v) is 5.01. The lowest BCUT2D eigenvalue weighted by atomic mass is 10.3. The molecular weight excluding hydrogens is 289 g/mol. The maximum absolute atomic E-state index is 11.1. The molecule has 0 bridgehead atoms. The Morgan fingerprint density at radius 2 is 1.65 bits per heavy atom. The monoisotopic (exact) mass is 307 g/mol. The molecule has 0 saturated heterocycles. The van der Waals surface area contributed by atoms with Gasteiger partial charge in [0.05, 0.1) is 18.1 Å². The third kappa shape index (κ3) is 7.20. The number of phenolic OH excluding ortho intramolecular Hbond substituents is 1. The molecule has 0 aliphatic carbocycles. The molecule has 0 spiro atoms. The van der Waals surface area contributed by atoms with Crippen LogP contribution in [0.5, 0.6) is 5.75 Å². The number of phosphoric acid groups is 1. The largest absolute Gasteiger partial charge is 0.508 e. The molecule has 20 heavy (non-hydrogen) atoms. The average Bonchev–Trinajstić information content (AvgIpc) is 2.40. The number of hydrogen-bond donors (Lipinski definition) is 1. The van der Waals surface area contributed by atoms with E-state index in [2.05, 4.69) is 4.52 Å². The van der Waals surface area contributed by atoms with E-state index >= 15 is 0 Å². The number of nitrogens with zero attached hydrogens (tertiary/aromatic N) is 1. The number of nitro groups is 1. The van der Waals surface area contributed by atoms with Gasteiger partial charge in [-0.1, -0.05) is 0 Å². The van der Waals surface area contributed by atoms with Crippen molar-refractivity contribution in [1.82, 2.24) is 0 Å². The zero-order valence-electron chi connectivity index (χ0n) is 11.5. The third-order valence-corrected chi connectivity index (χ3v) is 3.45. The number of rotatable bonds is 6. The fourth-order valence-corrected chi connectivity index (χ4v) is 1.95. The standard InChI is InChI=1S/C6H5NO3.C5H13O4P/c8-6-3-1-5(2-4-6)7(9)10;1-4-8-10(6,7-3)9-5-2/h1-4,8H;4-5H2,1-3H3. The van der Waals surface area contributed by atoms with Crippen molar-refractivity contribution in [3.63, 3.8) is 0 Å². The van der Waals surface area contributed by atoms with E-state index in [4.69, 9.17) is 14.2 Å². The number of nitro benzene ring substituents is 1. The minimum Gasteiger partial charge on any atom is -0.508 e. The first-order valence-corrected chi connectivity index (χ1v) is 7.22. The Morgan fingerprint density at radius 1 is 1.20 bits per heavy atom. The van der Waals surface area contributed by atoms with Gasteiger partial charge in [0.15, 0.2) is 0 Å². The minimum absolute atomic E-state index is 0.0159. The van der Waals surface area contributed by atoms with Crippen LogP contribution >= 0.6 is 7.82 Å². The molecule has 0 aromatic heterocycles. The van der Waals surface area contributed by atoms with Crippen molar-refractivity contribution in [3.05, 3.63) is 34.4 Å². The first-order valence-electron chi connectivity index (χ1n) is 5.76. The second kappa shape index (κ2) is 9.44. The molecular formula is C11H18NO7P. The molecule has 0 unspecified atom stereocenters. The molecule has 0 amide bonds. The molecule has 0 heterocycles. The van der Waals surface area contributed by atoms with E-state index in [1.807, 2.05) is 0 Å². The lowest BCUT2D eigenvalue weighted by molar-refractivity contribution is -0.384. The van der Waals surface area contributed by atoms with Crippen LogP contribution in [-0.2, 0) is 18.1 Å². The molecule has 0 aliphatic rings. The van der Waals surface area contributed by atoms with Crippen molar-refractivity contribution in [1.29, 1.82) is 0 Å². The van der Waals surface area contributed by atoms with Gasteiger partial charge in [0.1, 0.15) is 5.75 Å². The van der Waals surface area contributed by atoms with Crippen LogP contribution in [0.2, 0.25) is 0 Å². The fraction of sp³-hybridized carbons (Fsp3) is 0.455. The second-order valence-electron chi connectivity index (χ2n) is 3.24. The lowest BCUT2D eigenvalue weighted by Gasteiger charge is -2.12. The molecule has 1 aromatic carbocycles. The van der Waals surface area contributed by atoms with Crippen LogP contribution in [0.4, 0.5) is 5.69 Å². The Morgan fingerprint density at radius 3 is 1.95 bits per heavy atom. The zero-order chi connectivity index (χ0) is 15.6. The van der Waals surface area contributed by atoms with Crippen LogP contribution in [0.1, 0.15) is 13.8 Å². The molecule has 9 heteroatoms. The summed E-state index contributed by atoms with van der Waals surface area (Å²) in [6.07, 6.45) is 0. The highest BCUT2D eigenvalue weighted by atomic mass is 31.2. The Kier molecular flexibility index (Phi) is 8.74. The maximum atomic E-state index is 11.1. The van der Waals surface area contributed by atoms with E-state index in [1.165, 1.54) is 31.4 Å². The molecule has 1 rings (SSSR count). The van der Waals surface area contributed by atoms with Gasteiger partial charge >= 0.3 is 7.82 Å². The molecule has 0 saturated carbocycles. The van der Waals surface area contributed by atoms with Gasteiger partial charge in [0, 0.05) is 19.2 Å². The Labute approximate surface area is 117 Å². The van der Waals surface area contributed by atoms with Gasteiger partial charge in [-0.3, -0.25) is 23.7 Å². The summed E-state index contributed by atoms with van der Waals surface area (Å²) < 4.78 is 25.1. The van der Waals surface area contributed by atoms with Gasteiger partial charge in [-0.25, -0.2) is 4.57 Å². The molecule has 0 radical (unpaired) electrons. The maximum Gasteiger partial charge on any atom is 0.474 e. The zero-order valence-corrected chi connectivity index (χ0v) is 12.4. The topological polar surface area (TPSA) is 108 Å². The highest BCUT2D eigenvalue weighted by Gasteiger charge is 2.22. The van der Waals surface area contributed by atoms with Crippen molar-refractivity contribution in [2.75, 3.05) is 20.3 Å². The summed E-state index contributed by atoms with van der Waals surface area (Å²) in [5.74, 6) is 0.0330. The number of non-ortho nitro benzene ring substituents is 1. The van der Waals surface area contributed by atoms with Crippen molar-refractivity contribution in [2.45, 2.75) is 13.8 Å². The lowest BCUT2D eigenvalue weighted by Crippen LogP contribution is -1.96. The van der Waals surface area contributed by atoms with Crippen molar-refractivity contribution in [2.24, 2.45) is 0 Å². The third-order valence-electron chi connectivity index (χ3n) is 1.86.